The van der Waals surface area contributed by atoms with E-state index in [1.165, 1.54) is 11.3 Å². The zero-order chi connectivity index (χ0) is 20.0. The number of hydrogen-bond acceptors (Lipinski definition) is 5. The third-order valence-electron chi connectivity index (χ3n) is 4.63. The van der Waals surface area contributed by atoms with Gasteiger partial charge in [0.25, 0.3) is 0 Å². The third kappa shape index (κ3) is 4.86. The van der Waals surface area contributed by atoms with Crippen LogP contribution in [0.2, 0.25) is 0 Å². The van der Waals surface area contributed by atoms with Gasteiger partial charge in [-0.05, 0) is 41.8 Å². The van der Waals surface area contributed by atoms with Crippen LogP contribution >= 0.6 is 11.3 Å². The number of benzene rings is 1. The Labute approximate surface area is 169 Å². The van der Waals surface area contributed by atoms with Crippen molar-refractivity contribution in [3.8, 4) is 5.75 Å². The molecule has 0 saturated carbocycles. The molecule has 2 amide bonds. The Morgan fingerprint density at radius 1 is 1.14 bits per heavy atom. The number of urea groups is 1. The van der Waals surface area contributed by atoms with Gasteiger partial charge >= 0.3 is 6.03 Å². The van der Waals surface area contributed by atoms with E-state index in [0.29, 0.717) is 11.7 Å². The van der Waals surface area contributed by atoms with Crippen molar-refractivity contribution in [3.63, 3.8) is 0 Å². The highest BCUT2D eigenvalue weighted by Gasteiger charge is 2.26. The summed E-state index contributed by atoms with van der Waals surface area (Å²) in [6.07, 6.45) is 4.25. The van der Waals surface area contributed by atoms with Crippen LogP contribution in [0.5, 0.6) is 5.75 Å². The molecule has 0 saturated heterocycles. The van der Waals surface area contributed by atoms with Gasteiger partial charge in [-0.25, -0.2) is 9.78 Å². The molecule has 3 rings (SSSR count). The van der Waals surface area contributed by atoms with Gasteiger partial charge < -0.3 is 10.1 Å². The lowest BCUT2D eigenvalue weighted by Crippen LogP contribution is -2.30. The summed E-state index contributed by atoms with van der Waals surface area (Å²) in [6.45, 7) is 4.77. The molecule has 0 unspecified atom stereocenters. The monoisotopic (exact) mass is 396 g/mol. The van der Waals surface area contributed by atoms with Gasteiger partial charge in [0.2, 0.25) is 0 Å². The van der Waals surface area contributed by atoms with Crippen molar-refractivity contribution in [2.45, 2.75) is 25.7 Å². The summed E-state index contributed by atoms with van der Waals surface area (Å²) in [5.74, 6) is 0.823. The Morgan fingerprint density at radius 3 is 2.54 bits per heavy atom. The van der Waals surface area contributed by atoms with E-state index in [-0.39, 0.29) is 11.4 Å². The standard InChI is InChI=1S/C21H24N4O2S/c1-21(2,16-4-6-17(27-3)7-5-16)18-14-28-20(24-18)25-19(26)23-13-10-15-8-11-22-12-9-15/h4-9,11-12,14H,10,13H2,1-3H3,(H2,23,24,25,26). The molecule has 2 aromatic heterocycles. The lowest BCUT2D eigenvalue weighted by Gasteiger charge is -2.23. The SMILES string of the molecule is COc1ccc(C(C)(C)c2csc(NC(=O)NCCc3ccncc3)n2)cc1. The molecule has 0 aliphatic carbocycles. The zero-order valence-corrected chi connectivity index (χ0v) is 17.0. The summed E-state index contributed by atoms with van der Waals surface area (Å²) in [5.41, 5.74) is 2.90. The van der Waals surface area contributed by atoms with E-state index in [0.717, 1.165) is 29.0 Å². The predicted octanol–water partition coefficient (Wildman–Crippen LogP) is 4.24. The van der Waals surface area contributed by atoms with E-state index in [4.69, 9.17) is 4.74 Å². The van der Waals surface area contributed by atoms with Crippen LogP contribution in [0.4, 0.5) is 9.93 Å². The van der Waals surface area contributed by atoms with Crippen molar-refractivity contribution >= 4 is 22.5 Å². The number of amides is 2. The molecule has 3 aromatic rings. The van der Waals surface area contributed by atoms with Crippen molar-refractivity contribution in [3.05, 3.63) is 71.0 Å². The van der Waals surface area contributed by atoms with Gasteiger partial charge in [0, 0.05) is 29.7 Å². The first-order valence-electron chi connectivity index (χ1n) is 9.03. The fourth-order valence-electron chi connectivity index (χ4n) is 2.78. The molecule has 0 spiro atoms. The van der Waals surface area contributed by atoms with Gasteiger partial charge in [-0.1, -0.05) is 26.0 Å². The molecule has 146 valence electrons. The predicted molar refractivity (Wildman–Crippen MR) is 112 cm³/mol. The maximum absolute atomic E-state index is 12.1. The molecule has 0 radical (unpaired) electrons. The van der Waals surface area contributed by atoms with Crippen molar-refractivity contribution in [1.82, 2.24) is 15.3 Å². The first-order valence-corrected chi connectivity index (χ1v) is 9.91. The highest BCUT2D eigenvalue weighted by molar-refractivity contribution is 7.13. The van der Waals surface area contributed by atoms with Gasteiger partial charge in [0.05, 0.1) is 12.8 Å². The number of pyridine rings is 1. The largest absolute Gasteiger partial charge is 0.497 e. The summed E-state index contributed by atoms with van der Waals surface area (Å²) in [6, 6.07) is 11.6. The molecular weight excluding hydrogens is 372 g/mol. The topological polar surface area (TPSA) is 76.1 Å². The number of aromatic nitrogens is 2. The van der Waals surface area contributed by atoms with E-state index in [2.05, 4.69) is 34.4 Å². The molecule has 1 aromatic carbocycles. The number of carbonyl (C=O) groups excluding carboxylic acids is 1. The van der Waals surface area contributed by atoms with Gasteiger partial charge in [-0.2, -0.15) is 0 Å². The first-order chi connectivity index (χ1) is 13.5. The average molecular weight is 397 g/mol. The molecule has 0 fully saturated rings. The van der Waals surface area contributed by atoms with Gasteiger partial charge in [-0.15, -0.1) is 11.3 Å². The van der Waals surface area contributed by atoms with Crippen molar-refractivity contribution in [2.75, 3.05) is 19.0 Å². The van der Waals surface area contributed by atoms with Crippen LogP contribution in [0.1, 0.15) is 30.7 Å². The molecule has 0 atom stereocenters. The van der Waals surface area contributed by atoms with E-state index in [9.17, 15) is 4.79 Å². The molecule has 2 heterocycles. The Kier molecular flexibility index (Phi) is 6.26. The third-order valence-corrected chi connectivity index (χ3v) is 5.38. The van der Waals surface area contributed by atoms with E-state index in [1.807, 2.05) is 41.8 Å². The Morgan fingerprint density at radius 2 is 1.86 bits per heavy atom. The van der Waals surface area contributed by atoms with Crippen LogP contribution in [0.3, 0.4) is 0 Å². The second-order valence-corrected chi connectivity index (χ2v) is 7.74. The minimum absolute atomic E-state index is 0.253. The highest BCUT2D eigenvalue weighted by Crippen LogP contribution is 2.34. The summed E-state index contributed by atoms with van der Waals surface area (Å²) >= 11 is 1.42. The van der Waals surface area contributed by atoms with E-state index >= 15 is 0 Å². The van der Waals surface area contributed by atoms with Crippen LogP contribution in [0, 0.1) is 0 Å². The Bertz CT molecular complexity index is 908. The van der Waals surface area contributed by atoms with Crippen LogP contribution in [0.15, 0.2) is 54.2 Å². The Hall–Kier alpha value is -2.93. The van der Waals surface area contributed by atoms with E-state index in [1.54, 1.807) is 19.5 Å². The van der Waals surface area contributed by atoms with Crippen molar-refractivity contribution in [2.24, 2.45) is 0 Å². The number of carbonyl (C=O) groups is 1. The van der Waals surface area contributed by atoms with Crippen LogP contribution in [-0.4, -0.2) is 29.7 Å². The lowest BCUT2D eigenvalue weighted by atomic mass is 9.82. The highest BCUT2D eigenvalue weighted by atomic mass is 32.1. The minimum atomic E-state index is -0.277. The smallest absolute Gasteiger partial charge is 0.321 e. The zero-order valence-electron chi connectivity index (χ0n) is 16.2. The van der Waals surface area contributed by atoms with Crippen LogP contribution < -0.4 is 15.4 Å². The molecule has 28 heavy (non-hydrogen) atoms. The molecule has 0 aliphatic heterocycles. The number of thiazole rings is 1. The number of anilines is 1. The molecular formula is C21H24N4O2S. The normalized spacial score (nSPS) is 11.1. The lowest BCUT2D eigenvalue weighted by molar-refractivity contribution is 0.252. The number of nitrogens with one attached hydrogen (secondary N) is 2. The number of rotatable bonds is 7. The van der Waals surface area contributed by atoms with E-state index < -0.39 is 0 Å². The summed E-state index contributed by atoms with van der Waals surface area (Å²) < 4.78 is 5.22. The maximum Gasteiger partial charge on any atom is 0.321 e. The van der Waals surface area contributed by atoms with Gasteiger partial charge in [-0.3, -0.25) is 10.3 Å². The second kappa shape index (κ2) is 8.84. The molecule has 2 N–H and O–H groups in total. The first kappa shape index (κ1) is 19.8. The fraction of sp³-hybridized carbons (Fsp3) is 0.286. The van der Waals surface area contributed by atoms with Crippen LogP contribution in [-0.2, 0) is 11.8 Å². The van der Waals surface area contributed by atoms with Crippen molar-refractivity contribution in [1.29, 1.82) is 0 Å². The second-order valence-electron chi connectivity index (χ2n) is 6.88. The fourth-order valence-corrected chi connectivity index (χ4v) is 3.66. The summed E-state index contributed by atoms with van der Waals surface area (Å²) in [7, 11) is 1.65. The maximum atomic E-state index is 12.1. The number of methoxy groups -OCH3 is 1. The summed E-state index contributed by atoms with van der Waals surface area (Å²) in [4.78, 5) is 20.7. The Balaban J connectivity index is 1.57. The average Bonchev–Trinajstić information content (AvgIpc) is 3.18. The number of hydrogen-bond donors (Lipinski definition) is 2. The van der Waals surface area contributed by atoms with Crippen molar-refractivity contribution < 1.29 is 9.53 Å². The van der Waals surface area contributed by atoms with Gasteiger partial charge in [0.1, 0.15) is 5.75 Å². The van der Waals surface area contributed by atoms with Gasteiger partial charge in [0.15, 0.2) is 5.13 Å². The molecule has 0 aliphatic rings. The minimum Gasteiger partial charge on any atom is -0.497 e. The van der Waals surface area contributed by atoms with Crippen LogP contribution in [0.25, 0.3) is 0 Å². The quantitative estimate of drug-likeness (QED) is 0.626. The molecule has 0 bridgehead atoms. The molecule has 6 nitrogen and oxygen atoms in total. The summed E-state index contributed by atoms with van der Waals surface area (Å²) in [5, 5.41) is 8.23. The number of nitrogens with zero attached hydrogens (tertiary/aromatic N) is 2. The molecule has 7 heteroatoms. The number of ether oxygens (including phenoxy) is 1.